The van der Waals surface area contributed by atoms with Gasteiger partial charge in [-0.1, -0.05) is 111 Å². The molecule has 0 fully saturated rings. The number of aryl methyl sites for hydroxylation is 2. The fraction of sp³-hybridized carbons (Fsp3) is 0.143. The van der Waals surface area contributed by atoms with Gasteiger partial charge in [0, 0.05) is 14.5 Å². The van der Waals surface area contributed by atoms with Gasteiger partial charge in [-0.3, -0.25) is 0 Å². The molecule has 3 heteroatoms. The molecule has 188 valence electrons. The van der Waals surface area contributed by atoms with Crippen molar-refractivity contribution in [1.29, 1.82) is 0 Å². The van der Waals surface area contributed by atoms with Gasteiger partial charge >= 0.3 is 26.2 Å². The van der Waals surface area contributed by atoms with Gasteiger partial charge in [0.25, 0.3) is 0 Å². The van der Waals surface area contributed by atoms with Crippen LogP contribution in [-0.2, 0) is 26.2 Å². The molecule has 38 heavy (non-hydrogen) atoms. The summed E-state index contributed by atoms with van der Waals surface area (Å²) in [4.78, 5) is 0. The first-order valence-electron chi connectivity index (χ1n) is 12.8. The molecule has 0 saturated heterocycles. The molecule has 0 heterocycles. The molecule has 0 N–H and O–H groups in total. The van der Waals surface area contributed by atoms with Crippen LogP contribution in [0.4, 0.5) is 0 Å². The maximum atomic E-state index is 4.64. The number of fused-ring (bicyclic) bond motifs is 2. The number of benzene rings is 4. The molecule has 0 aliphatic carbocycles. The molecule has 0 aliphatic rings. The molecule has 0 atom stereocenters. The number of rotatable bonds is 4. The van der Waals surface area contributed by atoms with Crippen LogP contribution in [0.3, 0.4) is 0 Å². The van der Waals surface area contributed by atoms with E-state index in [9.17, 15) is 0 Å². The molecule has 6 rings (SSSR count). The average Bonchev–Trinajstić information content (AvgIpc) is 3.46. The molecule has 0 spiro atoms. The normalized spacial score (nSPS) is 11.2. The van der Waals surface area contributed by atoms with Gasteiger partial charge in [-0.05, 0) is 11.1 Å². The summed E-state index contributed by atoms with van der Waals surface area (Å²) in [5, 5.41) is 8.75. The van der Waals surface area contributed by atoms with E-state index < -0.39 is 8.07 Å². The smallest absolute Gasteiger partial charge is 0.158 e. The second kappa shape index (κ2) is 11.7. The van der Waals surface area contributed by atoms with Gasteiger partial charge in [-0.15, -0.1) is 80.7 Å². The van der Waals surface area contributed by atoms with E-state index in [1.807, 2.05) is 0 Å². The van der Waals surface area contributed by atoms with Gasteiger partial charge in [0.15, 0.2) is 0 Å². The first-order chi connectivity index (χ1) is 18.0. The Kier molecular flexibility index (Phi) is 8.78. The maximum absolute atomic E-state index is 4.64. The van der Waals surface area contributed by atoms with Crippen LogP contribution < -0.4 is 10.4 Å². The number of halogens is 1. The standard InChI is InChI=1S/C34H30Si.CH3Cl.Zr/c1-23-21-27-17-11-19-29(25-13-7-5-8-14-25)31(27)33(23)35(3,4)34-24(2)22-28-18-12-20-30(32(28)34)26-15-9-6-10-16-26;1-2;/h5-22H,1-4H3;1H3;/q-2;;+2. The second-order valence-corrected chi connectivity index (χ2v) is 14.6. The van der Waals surface area contributed by atoms with Crippen LogP contribution in [0.25, 0.3) is 43.8 Å². The summed E-state index contributed by atoms with van der Waals surface area (Å²) in [5.74, 6) is 0. The van der Waals surface area contributed by atoms with Crippen molar-refractivity contribution >= 4 is 51.6 Å². The Bertz CT molecular complexity index is 1550. The van der Waals surface area contributed by atoms with Crippen molar-refractivity contribution in [2.24, 2.45) is 0 Å². The Morgan fingerprint density at radius 2 is 0.895 bits per heavy atom. The van der Waals surface area contributed by atoms with Crippen LogP contribution in [-0.4, -0.2) is 14.5 Å². The van der Waals surface area contributed by atoms with Crippen LogP contribution in [0.15, 0.2) is 109 Å². The largest absolute Gasteiger partial charge is 2.00 e. The molecule has 0 radical (unpaired) electrons. The summed E-state index contributed by atoms with van der Waals surface area (Å²) >= 11 is 4.64. The topological polar surface area (TPSA) is 0 Å². The van der Waals surface area contributed by atoms with E-state index >= 15 is 0 Å². The zero-order valence-corrected chi connectivity index (χ0v) is 27.0. The van der Waals surface area contributed by atoms with Gasteiger partial charge in [-0.25, -0.2) is 0 Å². The van der Waals surface area contributed by atoms with Gasteiger partial charge < -0.3 is 0 Å². The molecule has 0 aromatic heterocycles. The monoisotopic (exact) mass is 606 g/mol. The number of hydrogen-bond acceptors (Lipinski definition) is 0. The number of alkyl halides is 1. The fourth-order valence-electron chi connectivity index (χ4n) is 6.40. The van der Waals surface area contributed by atoms with Crippen LogP contribution in [0.5, 0.6) is 0 Å². The van der Waals surface area contributed by atoms with E-state index in [-0.39, 0.29) is 26.2 Å². The van der Waals surface area contributed by atoms with Gasteiger partial charge in [0.1, 0.15) is 0 Å². The van der Waals surface area contributed by atoms with Crippen molar-refractivity contribution in [3.8, 4) is 22.3 Å². The molecule has 0 aliphatic heterocycles. The van der Waals surface area contributed by atoms with Crippen molar-refractivity contribution in [2.75, 3.05) is 6.38 Å². The van der Waals surface area contributed by atoms with E-state index in [1.54, 1.807) is 10.4 Å². The molecule has 6 aromatic rings. The van der Waals surface area contributed by atoms with Crippen LogP contribution >= 0.6 is 11.6 Å². The minimum atomic E-state index is -2.10. The fourth-order valence-corrected chi connectivity index (χ4v) is 10.6. The Morgan fingerprint density at radius 3 is 1.26 bits per heavy atom. The minimum Gasteiger partial charge on any atom is -0.158 e. The van der Waals surface area contributed by atoms with Crippen molar-refractivity contribution in [2.45, 2.75) is 26.9 Å². The van der Waals surface area contributed by atoms with Crippen LogP contribution in [0.2, 0.25) is 13.1 Å². The van der Waals surface area contributed by atoms with E-state index in [0.29, 0.717) is 0 Å². The molecule has 0 nitrogen and oxygen atoms in total. The van der Waals surface area contributed by atoms with Crippen LogP contribution in [0, 0.1) is 13.8 Å². The SMILES string of the molecule is CCl.Cc1[cH-]c2cccc(-c3ccccc3)c2c1[Si](C)(C)c1c(C)[cH-]c2cccc(-c3ccccc3)c12.[Zr+2]. The van der Waals surface area contributed by atoms with E-state index in [0.717, 1.165) is 0 Å². The van der Waals surface area contributed by atoms with Gasteiger partial charge in [0.05, 0.1) is 0 Å². The first-order valence-corrected chi connectivity index (χ1v) is 16.6. The summed E-state index contributed by atoms with van der Waals surface area (Å²) in [6, 6.07) is 40.2. The first kappa shape index (κ1) is 28.5. The molecule has 0 saturated carbocycles. The molecule has 0 amide bonds. The molecular weight excluding hydrogens is 575 g/mol. The third kappa shape index (κ3) is 4.84. The van der Waals surface area contributed by atoms with Crippen molar-refractivity contribution in [1.82, 2.24) is 0 Å². The van der Waals surface area contributed by atoms with Gasteiger partial charge in [0.2, 0.25) is 0 Å². The molecular formula is C35H33ClSiZr. The van der Waals surface area contributed by atoms with Crippen molar-refractivity contribution in [3.63, 3.8) is 0 Å². The molecule has 6 aromatic carbocycles. The average molecular weight is 608 g/mol. The second-order valence-electron chi connectivity index (χ2n) is 10.3. The summed E-state index contributed by atoms with van der Waals surface area (Å²) in [7, 11) is -2.10. The predicted molar refractivity (Wildman–Crippen MR) is 168 cm³/mol. The predicted octanol–water partition coefficient (Wildman–Crippen LogP) is 9.06. The van der Waals surface area contributed by atoms with Gasteiger partial charge in [-0.2, -0.15) is 10.4 Å². The zero-order chi connectivity index (χ0) is 26.2. The Hall–Kier alpha value is -2.51. The maximum Gasteiger partial charge on any atom is 2.00 e. The Labute approximate surface area is 252 Å². The van der Waals surface area contributed by atoms with E-state index in [1.165, 1.54) is 61.3 Å². The number of hydrogen-bond donors (Lipinski definition) is 0. The summed E-state index contributed by atoms with van der Waals surface area (Å²) in [6.07, 6.45) is 1.47. The quantitative estimate of drug-likeness (QED) is 0.106. The van der Waals surface area contributed by atoms with E-state index in [4.69, 9.17) is 0 Å². The van der Waals surface area contributed by atoms with E-state index in [2.05, 4.69) is 148 Å². The zero-order valence-electron chi connectivity index (χ0n) is 22.8. The third-order valence-corrected chi connectivity index (χ3v) is 11.4. The molecule has 0 unspecified atom stereocenters. The van der Waals surface area contributed by atoms with Crippen LogP contribution in [0.1, 0.15) is 11.1 Å². The summed E-state index contributed by atoms with van der Waals surface area (Å²) in [5.41, 5.74) is 8.14. The van der Waals surface area contributed by atoms with Crippen molar-refractivity contribution in [3.05, 3.63) is 120 Å². The Balaban J connectivity index is 0.00000110. The summed E-state index contributed by atoms with van der Waals surface area (Å²) in [6.45, 7) is 9.75. The summed E-state index contributed by atoms with van der Waals surface area (Å²) < 4.78 is 0. The third-order valence-electron chi connectivity index (χ3n) is 7.65. The Morgan fingerprint density at radius 1 is 0.526 bits per heavy atom. The van der Waals surface area contributed by atoms with Crippen molar-refractivity contribution < 1.29 is 26.2 Å². The minimum absolute atomic E-state index is 0. The molecule has 0 bridgehead atoms.